The number of unbranched alkanes of at least 4 members (excludes halogenated alkanes) is 4. The summed E-state index contributed by atoms with van der Waals surface area (Å²) in [5, 5.41) is 19.9. The number of nitrogens with zero attached hydrogens (tertiary/aromatic N) is 2. The predicted molar refractivity (Wildman–Crippen MR) is 120 cm³/mol. The van der Waals surface area contributed by atoms with Crippen molar-refractivity contribution in [1.82, 2.24) is 4.90 Å². The number of benzene rings is 1. The van der Waals surface area contributed by atoms with Crippen molar-refractivity contribution in [2.45, 2.75) is 70.1 Å². The minimum Gasteiger partial charge on any atom is -0.481 e. The molecule has 30 heavy (non-hydrogen) atoms. The number of thioether (sulfide) groups is 1. The zero-order chi connectivity index (χ0) is 22.4. The van der Waals surface area contributed by atoms with E-state index in [9.17, 15) is 19.7 Å². The highest BCUT2D eigenvalue weighted by molar-refractivity contribution is 7.99. The number of amides is 1. The molecule has 1 N–H and O–H groups in total. The number of nitro groups is 1. The van der Waals surface area contributed by atoms with Crippen LogP contribution in [0.25, 0.3) is 0 Å². The molecule has 1 rings (SSSR count). The summed E-state index contributed by atoms with van der Waals surface area (Å²) in [5.41, 5.74) is 0.0240. The van der Waals surface area contributed by atoms with Gasteiger partial charge in [-0.25, -0.2) is 0 Å². The van der Waals surface area contributed by atoms with Crippen molar-refractivity contribution >= 4 is 29.3 Å². The minimum absolute atomic E-state index is 0.0240. The summed E-state index contributed by atoms with van der Waals surface area (Å²) >= 11 is 1.44. The monoisotopic (exact) mass is 438 g/mol. The summed E-state index contributed by atoms with van der Waals surface area (Å²) < 4.78 is 0. The summed E-state index contributed by atoms with van der Waals surface area (Å²) in [4.78, 5) is 37.4. The van der Waals surface area contributed by atoms with Crippen LogP contribution < -0.4 is 0 Å². The van der Waals surface area contributed by atoms with Gasteiger partial charge in [-0.05, 0) is 31.4 Å². The fourth-order valence-corrected chi connectivity index (χ4v) is 4.16. The highest BCUT2D eigenvalue weighted by Gasteiger charge is 2.25. The van der Waals surface area contributed by atoms with Gasteiger partial charge >= 0.3 is 5.97 Å². The number of rotatable bonds is 16. The zero-order valence-electron chi connectivity index (χ0n) is 18.0. The largest absolute Gasteiger partial charge is 0.481 e. The molecule has 0 bridgehead atoms. The van der Waals surface area contributed by atoms with Crippen molar-refractivity contribution in [2.24, 2.45) is 5.92 Å². The van der Waals surface area contributed by atoms with Crippen molar-refractivity contribution < 1.29 is 19.6 Å². The van der Waals surface area contributed by atoms with Crippen LogP contribution >= 0.6 is 11.8 Å². The second-order valence-corrected chi connectivity index (χ2v) is 8.52. The van der Waals surface area contributed by atoms with E-state index in [1.165, 1.54) is 23.9 Å². The molecular formula is C22H34N2O5S. The first kappa shape index (κ1) is 25.9. The van der Waals surface area contributed by atoms with E-state index >= 15 is 0 Å². The first-order chi connectivity index (χ1) is 14.4. The number of nitro benzene ring substituents is 1. The van der Waals surface area contributed by atoms with E-state index in [2.05, 4.69) is 13.8 Å². The summed E-state index contributed by atoms with van der Waals surface area (Å²) in [6, 6.07) is 6.22. The van der Waals surface area contributed by atoms with Gasteiger partial charge < -0.3 is 10.0 Å². The van der Waals surface area contributed by atoms with Crippen LogP contribution in [0, 0.1) is 16.0 Å². The van der Waals surface area contributed by atoms with Crippen molar-refractivity contribution in [2.75, 3.05) is 18.8 Å². The van der Waals surface area contributed by atoms with Crippen LogP contribution in [-0.4, -0.2) is 45.6 Å². The summed E-state index contributed by atoms with van der Waals surface area (Å²) in [6.45, 7) is 5.67. The van der Waals surface area contributed by atoms with Crippen LogP contribution in [0.3, 0.4) is 0 Å². The Bertz CT molecular complexity index is 656. The van der Waals surface area contributed by atoms with Gasteiger partial charge in [0.15, 0.2) is 0 Å². The molecule has 0 fully saturated rings. The smallest absolute Gasteiger partial charge is 0.303 e. The quantitative estimate of drug-likeness (QED) is 0.161. The average Bonchev–Trinajstić information content (AvgIpc) is 2.72. The Kier molecular flexibility index (Phi) is 12.8. The highest BCUT2D eigenvalue weighted by Crippen LogP contribution is 2.26. The van der Waals surface area contributed by atoms with Gasteiger partial charge in [-0.2, -0.15) is 0 Å². The van der Waals surface area contributed by atoms with Gasteiger partial charge in [0.05, 0.1) is 4.92 Å². The molecule has 8 heteroatoms. The Balaban J connectivity index is 2.82. The van der Waals surface area contributed by atoms with E-state index in [1.807, 2.05) is 4.90 Å². The van der Waals surface area contributed by atoms with Crippen molar-refractivity contribution in [1.29, 1.82) is 0 Å². The lowest BCUT2D eigenvalue weighted by Crippen LogP contribution is -2.39. The number of carbonyl (C=O) groups excluding carboxylic acids is 1. The topological polar surface area (TPSA) is 101 Å². The van der Waals surface area contributed by atoms with Crippen LogP contribution in [-0.2, 0) is 9.59 Å². The van der Waals surface area contributed by atoms with Crippen molar-refractivity contribution in [3.63, 3.8) is 0 Å². The molecule has 1 aromatic rings. The first-order valence-electron chi connectivity index (χ1n) is 10.8. The van der Waals surface area contributed by atoms with Gasteiger partial charge in [0.25, 0.3) is 5.69 Å². The molecule has 0 aliphatic carbocycles. The second kappa shape index (κ2) is 14.8. The first-order valence-corrected chi connectivity index (χ1v) is 11.7. The van der Waals surface area contributed by atoms with Crippen LogP contribution in [0.15, 0.2) is 29.2 Å². The fourth-order valence-electron chi connectivity index (χ4n) is 3.13. The molecule has 0 spiro atoms. The van der Waals surface area contributed by atoms with E-state index in [4.69, 9.17) is 5.11 Å². The summed E-state index contributed by atoms with van der Waals surface area (Å²) in [5.74, 6) is -0.804. The number of hydrogen-bond acceptors (Lipinski definition) is 5. The van der Waals surface area contributed by atoms with E-state index in [-0.39, 0.29) is 23.9 Å². The maximum atomic E-state index is 13.2. The van der Waals surface area contributed by atoms with Gasteiger partial charge in [-0.1, -0.05) is 39.5 Å². The lowest BCUT2D eigenvalue weighted by atomic mass is 10.0. The van der Waals surface area contributed by atoms with E-state index in [1.54, 1.807) is 12.1 Å². The summed E-state index contributed by atoms with van der Waals surface area (Å²) in [7, 11) is 0. The second-order valence-electron chi connectivity index (χ2n) is 7.43. The van der Waals surface area contributed by atoms with Crippen molar-refractivity contribution in [3.8, 4) is 0 Å². The normalized spacial score (nSPS) is 11.8. The molecule has 1 atom stereocenters. The Labute approximate surface area is 183 Å². The fraction of sp³-hybridized carbons (Fsp3) is 0.636. The lowest BCUT2D eigenvalue weighted by Gasteiger charge is -2.27. The Morgan fingerprint density at radius 1 is 1.07 bits per heavy atom. The van der Waals surface area contributed by atoms with Gasteiger partial charge in [-0.3, -0.25) is 19.7 Å². The SMILES string of the molecule is CCCCCN(CCCCC)C(=O)C(CCC(=O)O)CSc1ccc([N+](=O)[O-])cc1. The standard InChI is InChI=1S/C22H34N2O5S/c1-3-5-7-15-23(16-8-6-4-2)22(27)18(9-14-21(25)26)17-30-20-12-10-19(11-13-20)24(28)29/h10-13,18H,3-9,14-17H2,1-2H3,(H,25,26). The number of hydrogen-bond donors (Lipinski definition) is 1. The summed E-state index contributed by atoms with van der Waals surface area (Å²) in [6.07, 6.45) is 6.45. The van der Waals surface area contributed by atoms with Gasteiger partial charge in [0.1, 0.15) is 0 Å². The van der Waals surface area contributed by atoms with Gasteiger partial charge in [-0.15, -0.1) is 11.8 Å². The van der Waals surface area contributed by atoms with Gasteiger partial charge in [0, 0.05) is 48.2 Å². The van der Waals surface area contributed by atoms with E-state index < -0.39 is 10.9 Å². The number of carbonyl (C=O) groups is 2. The predicted octanol–water partition coefficient (Wildman–Crippen LogP) is 5.38. The Morgan fingerprint density at radius 3 is 2.10 bits per heavy atom. The molecule has 1 amide bonds. The maximum absolute atomic E-state index is 13.2. The third-order valence-electron chi connectivity index (χ3n) is 4.93. The van der Waals surface area contributed by atoms with Crippen molar-refractivity contribution in [3.05, 3.63) is 34.4 Å². The maximum Gasteiger partial charge on any atom is 0.303 e. The molecule has 168 valence electrons. The molecule has 1 unspecified atom stereocenters. The molecule has 0 aromatic heterocycles. The molecule has 0 aliphatic rings. The van der Waals surface area contributed by atoms with E-state index in [0.717, 1.165) is 43.4 Å². The Hall–Kier alpha value is -2.09. The van der Waals surface area contributed by atoms with Crippen LogP contribution in [0.2, 0.25) is 0 Å². The molecule has 0 heterocycles. The Morgan fingerprint density at radius 2 is 1.63 bits per heavy atom. The number of aliphatic carboxylic acids is 1. The minimum atomic E-state index is -0.906. The van der Waals surface area contributed by atoms with Crippen LogP contribution in [0.1, 0.15) is 65.2 Å². The number of non-ortho nitro benzene ring substituents is 1. The van der Waals surface area contributed by atoms with Gasteiger partial charge in [0.2, 0.25) is 5.91 Å². The average molecular weight is 439 g/mol. The molecule has 0 aliphatic heterocycles. The van der Waals surface area contributed by atoms with Crippen LogP contribution in [0.4, 0.5) is 5.69 Å². The zero-order valence-corrected chi connectivity index (χ0v) is 18.9. The highest BCUT2D eigenvalue weighted by atomic mass is 32.2. The third-order valence-corrected chi connectivity index (χ3v) is 6.10. The third kappa shape index (κ3) is 10.1. The molecule has 0 saturated heterocycles. The van der Waals surface area contributed by atoms with Crippen LogP contribution in [0.5, 0.6) is 0 Å². The molecule has 0 radical (unpaired) electrons. The molecule has 0 saturated carbocycles. The lowest BCUT2D eigenvalue weighted by molar-refractivity contribution is -0.384. The molecule has 1 aromatic carbocycles. The number of carboxylic acid groups (broad SMARTS) is 1. The number of carboxylic acids is 1. The molecule has 7 nitrogen and oxygen atoms in total. The molecular weight excluding hydrogens is 404 g/mol. The van der Waals surface area contributed by atoms with E-state index in [0.29, 0.717) is 25.3 Å².